The van der Waals surface area contributed by atoms with Crippen LogP contribution in [0.25, 0.3) is 0 Å². The van der Waals surface area contributed by atoms with E-state index in [1.165, 1.54) is 37.7 Å². The van der Waals surface area contributed by atoms with Crippen LogP contribution in [-0.4, -0.2) is 17.7 Å². The lowest BCUT2D eigenvalue weighted by molar-refractivity contribution is 0.0564. The van der Waals surface area contributed by atoms with Crippen LogP contribution in [0.3, 0.4) is 0 Å². The molecule has 2 aliphatic rings. The third-order valence-electron chi connectivity index (χ3n) is 4.40. The Morgan fingerprint density at radius 1 is 1.28 bits per heavy atom. The second-order valence-electron chi connectivity index (χ2n) is 6.18. The molecule has 2 nitrogen and oxygen atoms in total. The van der Waals surface area contributed by atoms with E-state index in [0.717, 1.165) is 11.5 Å². The van der Waals surface area contributed by atoms with Crippen molar-refractivity contribution >= 4 is 0 Å². The van der Waals surface area contributed by atoms with Crippen LogP contribution in [0.1, 0.15) is 56.1 Å². The van der Waals surface area contributed by atoms with E-state index in [2.05, 4.69) is 29.6 Å². The Morgan fingerprint density at radius 3 is 2.67 bits per heavy atom. The van der Waals surface area contributed by atoms with Gasteiger partial charge in [0.15, 0.2) is 0 Å². The van der Waals surface area contributed by atoms with Gasteiger partial charge in [-0.15, -0.1) is 0 Å². The molecule has 0 radical (unpaired) electrons. The van der Waals surface area contributed by atoms with Crippen molar-refractivity contribution in [2.45, 2.75) is 56.6 Å². The molecule has 2 aliphatic carbocycles. The first-order valence-corrected chi connectivity index (χ1v) is 7.21. The molecule has 1 aromatic carbocycles. The minimum absolute atomic E-state index is 0.645. The molecule has 0 bridgehead atoms. The molecule has 1 atom stereocenters. The molecule has 1 unspecified atom stereocenters. The summed E-state index contributed by atoms with van der Waals surface area (Å²) in [5.41, 5.74) is 1.72. The van der Waals surface area contributed by atoms with Gasteiger partial charge in [-0.2, -0.15) is 0 Å². The van der Waals surface area contributed by atoms with Crippen molar-refractivity contribution in [1.82, 2.24) is 5.32 Å². The van der Waals surface area contributed by atoms with Gasteiger partial charge in [-0.1, -0.05) is 30.7 Å². The molecule has 18 heavy (non-hydrogen) atoms. The lowest BCUT2D eigenvalue weighted by Gasteiger charge is -2.29. The van der Waals surface area contributed by atoms with E-state index in [0.29, 0.717) is 12.6 Å². The summed E-state index contributed by atoms with van der Waals surface area (Å²) in [7, 11) is 0. The van der Waals surface area contributed by atoms with Crippen molar-refractivity contribution in [3.05, 3.63) is 35.4 Å². The fourth-order valence-corrected chi connectivity index (χ4v) is 2.60. The zero-order valence-corrected chi connectivity index (χ0v) is 11.2. The van der Waals surface area contributed by atoms with Gasteiger partial charge in [0.1, 0.15) is 0 Å². The van der Waals surface area contributed by atoms with Crippen LogP contribution in [0.2, 0.25) is 0 Å². The van der Waals surface area contributed by atoms with Crippen LogP contribution in [0.15, 0.2) is 24.3 Å². The van der Waals surface area contributed by atoms with Gasteiger partial charge in [0, 0.05) is 12.6 Å². The molecule has 3 rings (SSSR count). The maximum atomic E-state index is 10.6. The number of rotatable bonds is 5. The molecule has 0 heterocycles. The van der Waals surface area contributed by atoms with Crippen molar-refractivity contribution in [3.8, 4) is 0 Å². The van der Waals surface area contributed by atoms with Crippen molar-refractivity contribution in [2.24, 2.45) is 0 Å². The van der Waals surface area contributed by atoms with E-state index in [9.17, 15) is 5.11 Å². The van der Waals surface area contributed by atoms with Gasteiger partial charge in [0.2, 0.25) is 0 Å². The average molecular weight is 245 g/mol. The van der Waals surface area contributed by atoms with Crippen molar-refractivity contribution in [1.29, 1.82) is 0 Å². The highest BCUT2D eigenvalue weighted by molar-refractivity contribution is 5.31. The SMILES string of the molecule is CC(O)(CNC1CC1)c1cccc(C2CCC2)c1. The Balaban J connectivity index is 1.72. The molecule has 0 spiro atoms. The van der Waals surface area contributed by atoms with Gasteiger partial charge in [-0.3, -0.25) is 0 Å². The lowest BCUT2D eigenvalue weighted by atomic mass is 9.79. The third-order valence-corrected chi connectivity index (χ3v) is 4.40. The molecule has 0 aliphatic heterocycles. The van der Waals surface area contributed by atoms with Crippen molar-refractivity contribution in [2.75, 3.05) is 6.54 Å². The second kappa shape index (κ2) is 4.67. The highest BCUT2D eigenvalue weighted by Gasteiger charge is 2.29. The molecule has 2 saturated carbocycles. The molecule has 0 amide bonds. The lowest BCUT2D eigenvalue weighted by Crippen LogP contribution is -2.36. The smallest absolute Gasteiger partial charge is 0.0992 e. The number of hydrogen-bond acceptors (Lipinski definition) is 2. The summed E-state index contributed by atoms with van der Waals surface area (Å²) in [4.78, 5) is 0. The summed E-state index contributed by atoms with van der Waals surface area (Å²) >= 11 is 0. The molecular formula is C16H23NO. The van der Waals surface area contributed by atoms with Gasteiger partial charge < -0.3 is 10.4 Å². The Bertz CT molecular complexity index is 419. The topological polar surface area (TPSA) is 32.3 Å². The van der Waals surface area contributed by atoms with Gasteiger partial charge in [-0.25, -0.2) is 0 Å². The maximum Gasteiger partial charge on any atom is 0.0992 e. The summed E-state index contributed by atoms with van der Waals surface area (Å²) in [6.45, 7) is 2.58. The normalized spacial score (nSPS) is 23.4. The quantitative estimate of drug-likeness (QED) is 0.836. The summed E-state index contributed by atoms with van der Waals surface area (Å²) < 4.78 is 0. The molecule has 2 N–H and O–H groups in total. The molecule has 2 heteroatoms. The Kier molecular flexibility index (Phi) is 3.16. The van der Waals surface area contributed by atoms with Gasteiger partial charge >= 0.3 is 0 Å². The van der Waals surface area contributed by atoms with E-state index in [1.54, 1.807) is 0 Å². The number of hydrogen-bond donors (Lipinski definition) is 2. The van der Waals surface area contributed by atoms with Crippen LogP contribution in [0.4, 0.5) is 0 Å². The van der Waals surface area contributed by atoms with E-state index < -0.39 is 5.60 Å². The Morgan fingerprint density at radius 2 is 2.06 bits per heavy atom. The third kappa shape index (κ3) is 2.60. The predicted molar refractivity (Wildman–Crippen MR) is 73.6 cm³/mol. The van der Waals surface area contributed by atoms with E-state index >= 15 is 0 Å². The summed E-state index contributed by atoms with van der Waals surface area (Å²) in [5.74, 6) is 0.733. The average Bonchev–Trinajstić information content (AvgIpc) is 3.08. The first kappa shape index (κ1) is 12.2. The molecule has 2 fully saturated rings. The highest BCUT2D eigenvalue weighted by atomic mass is 16.3. The first-order chi connectivity index (χ1) is 8.65. The van der Waals surface area contributed by atoms with Gasteiger partial charge in [0.25, 0.3) is 0 Å². The van der Waals surface area contributed by atoms with E-state index in [4.69, 9.17) is 0 Å². The van der Waals surface area contributed by atoms with Crippen LogP contribution >= 0.6 is 0 Å². The predicted octanol–water partition coefficient (Wildman–Crippen LogP) is 2.91. The van der Waals surface area contributed by atoms with Gasteiger partial charge in [-0.05, 0) is 49.7 Å². The van der Waals surface area contributed by atoms with Crippen LogP contribution in [0, 0.1) is 0 Å². The largest absolute Gasteiger partial charge is 0.384 e. The first-order valence-electron chi connectivity index (χ1n) is 7.21. The van der Waals surface area contributed by atoms with Crippen LogP contribution in [0.5, 0.6) is 0 Å². The fraction of sp³-hybridized carbons (Fsp3) is 0.625. The minimum Gasteiger partial charge on any atom is -0.384 e. The standard InChI is InChI=1S/C16H23NO/c1-16(18,11-17-15-8-9-15)14-7-3-6-13(10-14)12-4-2-5-12/h3,6-7,10,12,15,17-18H,2,4-5,8-9,11H2,1H3. The minimum atomic E-state index is -0.748. The number of nitrogens with one attached hydrogen (secondary N) is 1. The van der Waals surface area contributed by atoms with Crippen molar-refractivity contribution in [3.63, 3.8) is 0 Å². The monoisotopic (exact) mass is 245 g/mol. The molecule has 1 aromatic rings. The zero-order chi connectivity index (χ0) is 12.6. The molecule has 98 valence electrons. The molecular weight excluding hydrogens is 222 g/mol. The second-order valence-corrected chi connectivity index (χ2v) is 6.18. The Hall–Kier alpha value is -0.860. The van der Waals surface area contributed by atoms with Crippen LogP contribution in [-0.2, 0) is 5.60 Å². The van der Waals surface area contributed by atoms with Crippen molar-refractivity contribution < 1.29 is 5.11 Å². The molecule has 0 saturated heterocycles. The Labute approximate surface area is 109 Å². The highest BCUT2D eigenvalue weighted by Crippen LogP contribution is 2.37. The number of aliphatic hydroxyl groups is 1. The number of benzene rings is 1. The fourth-order valence-electron chi connectivity index (χ4n) is 2.60. The van der Waals surface area contributed by atoms with Gasteiger partial charge in [0.05, 0.1) is 5.60 Å². The summed E-state index contributed by atoms with van der Waals surface area (Å²) in [6.07, 6.45) is 6.50. The zero-order valence-electron chi connectivity index (χ0n) is 11.2. The molecule has 0 aromatic heterocycles. The van der Waals surface area contributed by atoms with E-state index in [1.807, 2.05) is 6.92 Å². The van der Waals surface area contributed by atoms with E-state index in [-0.39, 0.29) is 0 Å². The summed E-state index contributed by atoms with van der Waals surface area (Å²) in [6, 6.07) is 9.20. The maximum absolute atomic E-state index is 10.6. The van der Waals surface area contributed by atoms with Crippen LogP contribution < -0.4 is 5.32 Å². The summed E-state index contributed by atoms with van der Waals surface area (Å²) in [5, 5.41) is 14.0.